The van der Waals surface area contributed by atoms with Gasteiger partial charge in [0.15, 0.2) is 0 Å². The molecule has 0 fully saturated rings. The second-order valence-corrected chi connectivity index (χ2v) is 5.77. The van der Waals surface area contributed by atoms with Gasteiger partial charge in [-0.2, -0.15) is 0 Å². The smallest absolute Gasteiger partial charge is 0.264 e. The normalized spacial score (nSPS) is 11.2. The van der Waals surface area contributed by atoms with Gasteiger partial charge in [0.1, 0.15) is 5.75 Å². The molecule has 2 aromatic rings. The summed E-state index contributed by atoms with van der Waals surface area (Å²) in [6, 6.07) is 14.2. The second-order valence-electron chi connectivity index (χ2n) is 3.80. The number of sulfonamides is 1. The Labute approximate surface area is 106 Å². The molecule has 0 amide bonds. The van der Waals surface area contributed by atoms with Gasteiger partial charge in [-0.3, -0.25) is 4.31 Å². The minimum Gasteiger partial charge on any atom is -0.508 e. The van der Waals surface area contributed by atoms with Gasteiger partial charge in [0.05, 0.1) is 10.6 Å². The predicted octanol–water partition coefficient (Wildman–Crippen LogP) is 2.22. The van der Waals surface area contributed by atoms with Crippen molar-refractivity contribution < 1.29 is 13.5 Å². The molecule has 0 radical (unpaired) electrons. The number of hydrogen-bond acceptors (Lipinski definition) is 3. The highest BCUT2D eigenvalue weighted by Crippen LogP contribution is 2.23. The van der Waals surface area contributed by atoms with Gasteiger partial charge in [-0.1, -0.05) is 18.2 Å². The maximum absolute atomic E-state index is 12.3. The molecule has 4 nitrogen and oxygen atoms in total. The van der Waals surface area contributed by atoms with Gasteiger partial charge in [0.2, 0.25) is 0 Å². The molecule has 0 aliphatic heterocycles. The van der Waals surface area contributed by atoms with Crippen molar-refractivity contribution in [2.75, 3.05) is 11.4 Å². The molecule has 0 spiro atoms. The molecular formula is C13H13NO3S. The summed E-state index contributed by atoms with van der Waals surface area (Å²) in [4.78, 5) is 0.237. The highest BCUT2D eigenvalue weighted by Gasteiger charge is 2.20. The largest absolute Gasteiger partial charge is 0.508 e. The predicted molar refractivity (Wildman–Crippen MR) is 70.1 cm³/mol. The van der Waals surface area contributed by atoms with Crippen molar-refractivity contribution in [1.29, 1.82) is 0 Å². The third kappa shape index (κ3) is 2.31. The quantitative estimate of drug-likeness (QED) is 0.923. The minimum absolute atomic E-state index is 0.101. The van der Waals surface area contributed by atoms with Crippen LogP contribution in [0, 0.1) is 0 Å². The lowest BCUT2D eigenvalue weighted by atomic mass is 10.3. The lowest BCUT2D eigenvalue weighted by Gasteiger charge is -2.19. The van der Waals surface area contributed by atoms with Crippen molar-refractivity contribution >= 4 is 15.7 Å². The molecule has 0 unspecified atom stereocenters. The number of nitrogens with zero attached hydrogens (tertiary/aromatic N) is 1. The Kier molecular flexibility index (Phi) is 3.25. The Hall–Kier alpha value is -2.01. The molecule has 5 heteroatoms. The molecule has 0 aromatic heterocycles. The van der Waals surface area contributed by atoms with Crippen molar-refractivity contribution in [3.8, 4) is 5.75 Å². The number of aromatic hydroxyl groups is 1. The fourth-order valence-corrected chi connectivity index (χ4v) is 2.77. The molecule has 0 saturated carbocycles. The van der Waals surface area contributed by atoms with Gasteiger partial charge in [0, 0.05) is 7.05 Å². The zero-order valence-corrected chi connectivity index (χ0v) is 10.6. The van der Waals surface area contributed by atoms with E-state index in [-0.39, 0.29) is 10.6 Å². The van der Waals surface area contributed by atoms with E-state index in [1.807, 2.05) is 0 Å². The monoisotopic (exact) mass is 263 g/mol. The summed E-state index contributed by atoms with van der Waals surface area (Å²) < 4.78 is 25.7. The van der Waals surface area contributed by atoms with E-state index in [0.717, 1.165) is 0 Å². The Bertz CT molecular complexity index is 621. The fraction of sp³-hybridized carbons (Fsp3) is 0.0769. The number of benzene rings is 2. The molecule has 2 rings (SSSR count). The zero-order valence-electron chi connectivity index (χ0n) is 9.82. The molecule has 2 aromatic carbocycles. The van der Waals surface area contributed by atoms with Crippen molar-refractivity contribution in [1.82, 2.24) is 0 Å². The van der Waals surface area contributed by atoms with Crippen LogP contribution in [0.25, 0.3) is 0 Å². The summed E-state index contributed by atoms with van der Waals surface area (Å²) >= 11 is 0. The summed E-state index contributed by atoms with van der Waals surface area (Å²) in [5.74, 6) is 0.101. The highest BCUT2D eigenvalue weighted by atomic mass is 32.2. The van der Waals surface area contributed by atoms with E-state index in [9.17, 15) is 13.5 Å². The summed E-state index contributed by atoms with van der Waals surface area (Å²) in [5.41, 5.74) is 0.497. The number of rotatable bonds is 3. The molecule has 0 saturated heterocycles. The Morgan fingerprint density at radius 1 is 0.944 bits per heavy atom. The first kappa shape index (κ1) is 12.4. The zero-order chi connectivity index (χ0) is 13.2. The number of hydrogen-bond donors (Lipinski definition) is 1. The van der Waals surface area contributed by atoms with Crippen LogP contribution in [0.5, 0.6) is 5.75 Å². The van der Waals surface area contributed by atoms with Gasteiger partial charge >= 0.3 is 0 Å². The summed E-state index contributed by atoms with van der Waals surface area (Å²) in [5, 5.41) is 9.19. The molecule has 94 valence electrons. The molecule has 0 heterocycles. The SMILES string of the molecule is CN(c1ccc(O)cc1)S(=O)(=O)c1ccccc1. The molecule has 0 atom stereocenters. The van der Waals surface area contributed by atoms with Gasteiger partial charge in [-0.15, -0.1) is 0 Å². The van der Waals surface area contributed by atoms with Crippen molar-refractivity contribution in [2.45, 2.75) is 4.90 Å². The van der Waals surface area contributed by atoms with Crippen LogP contribution in [0.15, 0.2) is 59.5 Å². The first-order valence-corrected chi connectivity index (χ1v) is 6.79. The average Bonchev–Trinajstić information content (AvgIpc) is 2.40. The first-order chi connectivity index (χ1) is 8.51. The van der Waals surface area contributed by atoms with Crippen LogP contribution in [0.1, 0.15) is 0 Å². The fourth-order valence-electron chi connectivity index (χ4n) is 1.55. The van der Waals surface area contributed by atoms with Crippen molar-refractivity contribution in [2.24, 2.45) is 0 Å². The van der Waals surface area contributed by atoms with Gasteiger partial charge in [0.25, 0.3) is 10.0 Å². The third-order valence-electron chi connectivity index (χ3n) is 2.61. The van der Waals surface area contributed by atoms with Crippen molar-refractivity contribution in [3.05, 3.63) is 54.6 Å². The van der Waals surface area contributed by atoms with Gasteiger partial charge in [-0.25, -0.2) is 8.42 Å². The topological polar surface area (TPSA) is 57.6 Å². The number of anilines is 1. The Balaban J connectivity index is 2.39. The standard InChI is InChI=1S/C13H13NO3S/c1-14(11-7-9-12(15)10-8-11)18(16,17)13-5-3-2-4-6-13/h2-10,15H,1H3. The van der Waals surface area contributed by atoms with Crippen molar-refractivity contribution in [3.63, 3.8) is 0 Å². The third-order valence-corrected chi connectivity index (χ3v) is 4.41. The van der Waals surface area contributed by atoms with Crippen LogP contribution in [-0.4, -0.2) is 20.6 Å². The van der Waals surface area contributed by atoms with Crippen LogP contribution < -0.4 is 4.31 Å². The molecular weight excluding hydrogens is 250 g/mol. The highest BCUT2D eigenvalue weighted by molar-refractivity contribution is 7.92. The van der Waals surface area contributed by atoms with Crippen LogP contribution in [0.2, 0.25) is 0 Å². The molecule has 0 aliphatic carbocycles. The Morgan fingerprint density at radius 3 is 2.06 bits per heavy atom. The average molecular weight is 263 g/mol. The minimum atomic E-state index is -3.55. The lowest BCUT2D eigenvalue weighted by Crippen LogP contribution is -2.26. The molecule has 0 aliphatic rings. The van der Waals surface area contributed by atoms with Crippen LogP contribution >= 0.6 is 0 Å². The van der Waals surface area contributed by atoms with Crippen LogP contribution in [0.4, 0.5) is 5.69 Å². The number of phenolic OH excluding ortho intramolecular Hbond substituents is 1. The maximum Gasteiger partial charge on any atom is 0.264 e. The second kappa shape index (κ2) is 4.70. The van der Waals surface area contributed by atoms with E-state index in [0.29, 0.717) is 5.69 Å². The first-order valence-electron chi connectivity index (χ1n) is 5.35. The molecule has 0 bridgehead atoms. The van der Waals surface area contributed by atoms with E-state index in [2.05, 4.69) is 0 Å². The van der Waals surface area contributed by atoms with E-state index in [4.69, 9.17) is 0 Å². The summed E-state index contributed by atoms with van der Waals surface area (Å²) in [7, 11) is -2.07. The summed E-state index contributed by atoms with van der Waals surface area (Å²) in [6.07, 6.45) is 0. The van der Waals surface area contributed by atoms with Gasteiger partial charge < -0.3 is 5.11 Å². The van der Waals surface area contributed by atoms with E-state index in [1.165, 1.54) is 23.5 Å². The molecule has 1 N–H and O–H groups in total. The molecule has 18 heavy (non-hydrogen) atoms. The summed E-state index contributed by atoms with van der Waals surface area (Å²) in [6.45, 7) is 0. The number of phenols is 1. The van der Waals surface area contributed by atoms with Gasteiger partial charge in [-0.05, 0) is 36.4 Å². The van der Waals surface area contributed by atoms with Crippen LogP contribution in [-0.2, 0) is 10.0 Å². The van der Waals surface area contributed by atoms with E-state index in [1.54, 1.807) is 42.5 Å². The maximum atomic E-state index is 12.3. The van der Waals surface area contributed by atoms with Crippen LogP contribution in [0.3, 0.4) is 0 Å². The lowest BCUT2D eigenvalue weighted by molar-refractivity contribution is 0.475. The van der Waals surface area contributed by atoms with E-state index >= 15 is 0 Å². The van der Waals surface area contributed by atoms with E-state index < -0.39 is 10.0 Å². The Morgan fingerprint density at radius 2 is 1.50 bits per heavy atom.